The van der Waals surface area contributed by atoms with Crippen LogP contribution in [0.1, 0.15) is 37.7 Å². The van der Waals surface area contributed by atoms with Gasteiger partial charge in [-0.1, -0.05) is 55.7 Å². The summed E-state index contributed by atoms with van der Waals surface area (Å²) in [6.07, 6.45) is 5.42. The first kappa shape index (κ1) is 21.5. The molecule has 1 aliphatic heterocycles. The first-order valence-corrected chi connectivity index (χ1v) is 11.0. The first-order valence-electron chi connectivity index (χ1n) is 11.0. The zero-order valence-electron chi connectivity index (χ0n) is 17.7. The van der Waals surface area contributed by atoms with Crippen LogP contribution >= 0.6 is 0 Å². The molecule has 0 spiro atoms. The molecule has 2 aliphatic rings. The standard InChI is InChI=1S/C25H29FN2O3/c26-22-11-5-10-21(15-22)20-9-4-6-18(14-20)16-25(24(27)30)17-28(12-13-31-25)23(29)19-7-2-1-3-8-19/h4-6,9-11,14-15,19H,1-3,7-8,12-13,16-17H2,(H2,27,30). The molecule has 1 saturated carbocycles. The fourth-order valence-electron chi connectivity index (χ4n) is 4.78. The molecule has 1 unspecified atom stereocenters. The summed E-state index contributed by atoms with van der Waals surface area (Å²) < 4.78 is 19.6. The number of hydrogen-bond donors (Lipinski definition) is 1. The van der Waals surface area contributed by atoms with Crippen molar-refractivity contribution < 1.29 is 18.7 Å². The van der Waals surface area contributed by atoms with Crippen molar-refractivity contribution in [3.8, 4) is 11.1 Å². The summed E-state index contributed by atoms with van der Waals surface area (Å²) >= 11 is 0. The number of ether oxygens (including phenoxy) is 1. The maximum atomic E-state index is 13.6. The molecule has 0 aromatic heterocycles. The van der Waals surface area contributed by atoms with Gasteiger partial charge in [-0.15, -0.1) is 0 Å². The second-order valence-corrected chi connectivity index (χ2v) is 8.69. The van der Waals surface area contributed by atoms with E-state index in [1.165, 1.54) is 18.6 Å². The minimum atomic E-state index is -1.26. The van der Waals surface area contributed by atoms with E-state index in [4.69, 9.17) is 10.5 Å². The molecule has 2 aromatic carbocycles. The van der Waals surface area contributed by atoms with Crippen molar-refractivity contribution in [2.24, 2.45) is 11.7 Å². The molecule has 164 valence electrons. The Morgan fingerprint density at radius 2 is 1.77 bits per heavy atom. The van der Waals surface area contributed by atoms with E-state index in [0.717, 1.165) is 42.4 Å². The minimum Gasteiger partial charge on any atom is -0.367 e. The van der Waals surface area contributed by atoms with Gasteiger partial charge in [0.2, 0.25) is 5.91 Å². The number of benzene rings is 2. The zero-order chi connectivity index (χ0) is 21.8. The molecule has 1 atom stereocenters. The first-order chi connectivity index (χ1) is 15.0. The number of hydrogen-bond acceptors (Lipinski definition) is 3. The SMILES string of the molecule is NC(=O)C1(Cc2cccc(-c3cccc(F)c3)c2)CN(C(=O)C2CCCCC2)CCO1. The Hall–Kier alpha value is -2.73. The Balaban J connectivity index is 1.55. The largest absolute Gasteiger partial charge is 0.367 e. The van der Waals surface area contributed by atoms with E-state index in [-0.39, 0.29) is 37.2 Å². The molecule has 1 saturated heterocycles. The van der Waals surface area contributed by atoms with Gasteiger partial charge < -0.3 is 15.4 Å². The number of carbonyl (C=O) groups is 2. The molecule has 5 nitrogen and oxygen atoms in total. The van der Waals surface area contributed by atoms with Crippen molar-refractivity contribution in [2.45, 2.75) is 44.1 Å². The summed E-state index contributed by atoms with van der Waals surface area (Å²) in [5.41, 5.74) is 7.01. The Morgan fingerprint density at radius 3 is 2.48 bits per heavy atom. The number of rotatable bonds is 5. The van der Waals surface area contributed by atoms with Crippen molar-refractivity contribution >= 4 is 11.8 Å². The molecule has 2 amide bonds. The Kier molecular flexibility index (Phi) is 6.37. The number of morpholine rings is 1. The molecule has 31 heavy (non-hydrogen) atoms. The predicted octanol–water partition coefficient (Wildman–Crippen LogP) is 3.70. The van der Waals surface area contributed by atoms with Crippen LogP contribution in [0.2, 0.25) is 0 Å². The average Bonchev–Trinajstić information content (AvgIpc) is 2.79. The highest BCUT2D eigenvalue weighted by Crippen LogP contribution is 2.30. The molecule has 6 heteroatoms. The van der Waals surface area contributed by atoms with Gasteiger partial charge in [-0.3, -0.25) is 9.59 Å². The summed E-state index contributed by atoms with van der Waals surface area (Å²) in [7, 11) is 0. The van der Waals surface area contributed by atoms with Crippen LogP contribution in [0.4, 0.5) is 4.39 Å². The van der Waals surface area contributed by atoms with Crippen molar-refractivity contribution in [2.75, 3.05) is 19.7 Å². The van der Waals surface area contributed by atoms with Gasteiger partial charge in [0.15, 0.2) is 5.60 Å². The van der Waals surface area contributed by atoms with Crippen molar-refractivity contribution in [3.05, 3.63) is 59.9 Å². The number of nitrogens with zero attached hydrogens (tertiary/aromatic N) is 1. The van der Waals surface area contributed by atoms with Crippen molar-refractivity contribution in [1.29, 1.82) is 0 Å². The third-order valence-corrected chi connectivity index (χ3v) is 6.48. The maximum absolute atomic E-state index is 13.6. The summed E-state index contributed by atoms with van der Waals surface area (Å²) in [5, 5.41) is 0. The fraction of sp³-hybridized carbons (Fsp3) is 0.440. The van der Waals surface area contributed by atoms with Gasteiger partial charge >= 0.3 is 0 Å². The van der Waals surface area contributed by atoms with Crippen molar-refractivity contribution in [3.63, 3.8) is 0 Å². The van der Waals surface area contributed by atoms with Crippen LogP contribution in [0.5, 0.6) is 0 Å². The lowest BCUT2D eigenvalue weighted by Crippen LogP contribution is -2.61. The quantitative estimate of drug-likeness (QED) is 0.796. The second kappa shape index (κ2) is 9.18. The molecule has 1 heterocycles. The molecule has 0 bridgehead atoms. The minimum absolute atomic E-state index is 0.0359. The summed E-state index contributed by atoms with van der Waals surface area (Å²) in [6, 6.07) is 14.0. The highest BCUT2D eigenvalue weighted by molar-refractivity contribution is 5.86. The number of nitrogens with two attached hydrogens (primary N) is 1. The third kappa shape index (κ3) is 4.79. The molecular weight excluding hydrogens is 395 g/mol. The lowest BCUT2D eigenvalue weighted by atomic mass is 9.86. The molecule has 2 aromatic rings. The van der Waals surface area contributed by atoms with Crippen LogP contribution in [0.15, 0.2) is 48.5 Å². The van der Waals surface area contributed by atoms with Gasteiger partial charge in [0.05, 0.1) is 13.2 Å². The van der Waals surface area contributed by atoms with Gasteiger partial charge in [-0.2, -0.15) is 0 Å². The van der Waals surface area contributed by atoms with Gasteiger partial charge in [0, 0.05) is 18.9 Å². The lowest BCUT2D eigenvalue weighted by molar-refractivity contribution is -0.165. The summed E-state index contributed by atoms with van der Waals surface area (Å²) in [4.78, 5) is 27.4. The van der Waals surface area contributed by atoms with Crippen LogP contribution in [0.3, 0.4) is 0 Å². The van der Waals surface area contributed by atoms with Gasteiger partial charge in [-0.25, -0.2) is 4.39 Å². The topological polar surface area (TPSA) is 72.6 Å². The van der Waals surface area contributed by atoms with Gasteiger partial charge in [0.1, 0.15) is 5.82 Å². The molecule has 1 aliphatic carbocycles. The fourth-order valence-corrected chi connectivity index (χ4v) is 4.78. The molecule has 0 radical (unpaired) electrons. The highest BCUT2D eigenvalue weighted by Gasteiger charge is 2.44. The average molecular weight is 425 g/mol. The Bertz CT molecular complexity index is 957. The molecular formula is C25H29FN2O3. The second-order valence-electron chi connectivity index (χ2n) is 8.69. The monoisotopic (exact) mass is 424 g/mol. The Morgan fingerprint density at radius 1 is 1.06 bits per heavy atom. The number of carbonyl (C=O) groups excluding carboxylic acids is 2. The van der Waals surface area contributed by atoms with Crippen LogP contribution in [0, 0.1) is 11.7 Å². The zero-order valence-corrected chi connectivity index (χ0v) is 17.7. The van der Waals surface area contributed by atoms with E-state index in [1.807, 2.05) is 30.3 Å². The van der Waals surface area contributed by atoms with Crippen molar-refractivity contribution in [1.82, 2.24) is 4.90 Å². The number of halogens is 1. The normalized spacial score (nSPS) is 22.3. The molecule has 4 rings (SSSR count). The lowest BCUT2D eigenvalue weighted by Gasteiger charge is -2.42. The third-order valence-electron chi connectivity index (χ3n) is 6.48. The predicted molar refractivity (Wildman–Crippen MR) is 117 cm³/mol. The highest BCUT2D eigenvalue weighted by atomic mass is 19.1. The molecule has 2 fully saturated rings. The van der Waals surface area contributed by atoms with Crippen LogP contribution in [0.25, 0.3) is 11.1 Å². The van der Waals surface area contributed by atoms with Gasteiger partial charge in [0.25, 0.3) is 5.91 Å². The van der Waals surface area contributed by atoms with E-state index in [1.54, 1.807) is 11.0 Å². The van der Waals surface area contributed by atoms with E-state index < -0.39 is 11.5 Å². The van der Waals surface area contributed by atoms with Crippen LogP contribution in [-0.4, -0.2) is 42.0 Å². The Labute approximate surface area is 182 Å². The maximum Gasteiger partial charge on any atom is 0.251 e. The molecule has 2 N–H and O–H groups in total. The summed E-state index contributed by atoms with van der Waals surface area (Å²) in [5.74, 6) is -0.718. The summed E-state index contributed by atoms with van der Waals surface area (Å²) in [6.45, 7) is 0.931. The van der Waals surface area contributed by atoms with E-state index in [0.29, 0.717) is 6.54 Å². The number of amides is 2. The van der Waals surface area contributed by atoms with E-state index >= 15 is 0 Å². The van der Waals surface area contributed by atoms with E-state index in [9.17, 15) is 14.0 Å². The smallest absolute Gasteiger partial charge is 0.251 e. The van der Waals surface area contributed by atoms with Crippen LogP contribution < -0.4 is 5.73 Å². The van der Waals surface area contributed by atoms with E-state index in [2.05, 4.69) is 0 Å². The van der Waals surface area contributed by atoms with Crippen LogP contribution in [-0.2, 0) is 20.7 Å². The number of primary amides is 1. The van der Waals surface area contributed by atoms with Gasteiger partial charge in [-0.05, 0) is 41.7 Å².